The highest BCUT2D eigenvalue weighted by molar-refractivity contribution is 6.70. The lowest BCUT2D eigenvalue weighted by Crippen LogP contribution is -2.71. The molecule has 7 rings (SSSR count). The van der Waals surface area contributed by atoms with Crippen LogP contribution in [0.3, 0.4) is 0 Å². The van der Waals surface area contributed by atoms with Crippen molar-refractivity contribution in [3.63, 3.8) is 0 Å². The Bertz CT molecular complexity index is 1590. The maximum Gasteiger partial charge on any atom is 0.338 e. The molecule has 2 aromatic rings. The smallest absolute Gasteiger partial charge is 0.338 e. The summed E-state index contributed by atoms with van der Waals surface area (Å²) in [4.78, 5) is 41.4. The van der Waals surface area contributed by atoms with Gasteiger partial charge in [-0.3, -0.25) is 9.59 Å². The molecule has 2 saturated heterocycles. The quantitative estimate of drug-likeness (QED) is 0.195. The Kier molecular flexibility index (Phi) is 7.42. The highest BCUT2D eigenvalue weighted by Crippen LogP contribution is 2.69. The van der Waals surface area contributed by atoms with Crippen LogP contribution in [0.25, 0.3) is 0 Å². The SMILES string of the molecule is CC(=O)[C@]12C[C@@H](C)[C@@]34OC(Cc5ccccc5)(O[C@@H]1[C@@H]3C=C(COC(=O)c1ccccc1)C[C@]1(O[Si](C)(C)C)C(=O)[C@@H](C)C[C@@H]41)O2. The van der Waals surface area contributed by atoms with E-state index >= 15 is 0 Å². The average Bonchev–Trinajstić information content (AvgIpc) is 3.31. The second-order valence-electron chi connectivity index (χ2n) is 15.1. The predicted octanol–water partition coefficient (Wildman–Crippen LogP) is 6.05. The Morgan fingerprint density at radius 3 is 2.30 bits per heavy atom. The molecule has 3 bridgehead atoms. The van der Waals surface area contributed by atoms with E-state index in [0.29, 0.717) is 24.8 Å². The van der Waals surface area contributed by atoms with Gasteiger partial charge in [0.2, 0.25) is 0 Å². The number of benzene rings is 2. The number of ketones is 2. The second-order valence-corrected chi connectivity index (χ2v) is 19.5. The van der Waals surface area contributed by atoms with Crippen LogP contribution in [0.4, 0.5) is 0 Å². The van der Waals surface area contributed by atoms with E-state index in [-0.39, 0.29) is 42.3 Å². The Labute approximate surface area is 271 Å². The third-order valence-electron chi connectivity index (χ3n) is 10.9. The lowest BCUT2D eigenvalue weighted by Gasteiger charge is -2.60. The van der Waals surface area contributed by atoms with E-state index in [2.05, 4.69) is 32.6 Å². The minimum absolute atomic E-state index is 0.0182. The molecular weight excluding hydrogens is 600 g/mol. The predicted molar refractivity (Wildman–Crippen MR) is 172 cm³/mol. The Morgan fingerprint density at radius 1 is 0.978 bits per heavy atom. The lowest BCUT2D eigenvalue weighted by atomic mass is 9.55. The van der Waals surface area contributed by atoms with E-state index in [1.165, 1.54) is 0 Å². The first-order valence-electron chi connectivity index (χ1n) is 16.5. The van der Waals surface area contributed by atoms with E-state index in [4.69, 9.17) is 23.4 Å². The molecule has 4 fully saturated rings. The summed E-state index contributed by atoms with van der Waals surface area (Å²) in [7, 11) is -2.33. The van der Waals surface area contributed by atoms with Crippen molar-refractivity contribution in [3.8, 4) is 0 Å². The highest BCUT2D eigenvalue weighted by atomic mass is 28.4. The fourth-order valence-electron chi connectivity index (χ4n) is 9.34. The first-order chi connectivity index (χ1) is 21.7. The highest BCUT2D eigenvalue weighted by Gasteiger charge is 2.81. The number of hydrogen-bond acceptors (Lipinski definition) is 8. The van der Waals surface area contributed by atoms with Gasteiger partial charge in [-0.15, -0.1) is 0 Å². The standard InChI is InChI=1S/C37H44O8Si/c1-23-17-30-35(31(23)39,45-46(4,5)6)20-27(22-41-33(40)28-15-11-8-12-16-28)18-29-32-34(25(3)38)19-24(2)37(29,30)44-36(42-32,43-34)21-26-13-9-7-10-14-26/h7-16,18,23-24,29-30,32H,17,19-22H2,1-6H3/t23-,24+,29-,30+,32+,34+,35+,36?,37+/m0/s1. The Morgan fingerprint density at radius 2 is 1.65 bits per heavy atom. The van der Waals surface area contributed by atoms with Gasteiger partial charge < -0.3 is 23.4 Å². The molecule has 2 saturated carbocycles. The summed E-state index contributed by atoms with van der Waals surface area (Å²) in [5.74, 6) is -3.19. The number of ether oxygens (including phenoxy) is 4. The summed E-state index contributed by atoms with van der Waals surface area (Å²) in [6.45, 7) is 12.0. The van der Waals surface area contributed by atoms with E-state index < -0.39 is 49.1 Å². The zero-order valence-electron chi connectivity index (χ0n) is 27.5. The summed E-state index contributed by atoms with van der Waals surface area (Å²) in [6, 6.07) is 18.7. The molecule has 9 atom stereocenters. The van der Waals surface area contributed by atoms with Crippen LogP contribution in [-0.2, 0) is 39.4 Å². The van der Waals surface area contributed by atoms with Crippen LogP contribution in [-0.4, -0.2) is 61.3 Å². The first-order valence-corrected chi connectivity index (χ1v) is 19.9. The average molecular weight is 645 g/mol. The van der Waals surface area contributed by atoms with Crippen molar-refractivity contribution in [2.24, 2.45) is 23.7 Å². The molecule has 0 aromatic heterocycles. The first kappa shape index (κ1) is 31.6. The van der Waals surface area contributed by atoms with Crippen molar-refractivity contribution < 1.29 is 37.8 Å². The summed E-state index contributed by atoms with van der Waals surface area (Å²) in [6.07, 6.45) is 3.00. The fourth-order valence-corrected chi connectivity index (χ4v) is 10.7. The fraction of sp³-hybridized carbons (Fsp3) is 0.541. The van der Waals surface area contributed by atoms with E-state index in [1.54, 1.807) is 31.2 Å². The van der Waals surface area contributed by atoms with Crippen LogP contribution in [0, 0.1) is 23.7 Å². The van der Waals surface area contributed by atoms with Crippen LogP contribution in [0.2, 0.25) is 19.6 Å². The number of carbonyl (C=O) groups excluding carboxylic acids is 3. The summed E-state index contributed by atoms with van der Waals surface area (Å²) in [5, 5.41) is 0. The van der Waals surface area contributed by atoms with Gasteiger partial charge in [-0.2, -0.15) is 0 Å². The largest absolute Gasteiger partial charge is 0.458 e. The maximum absolute atomic E-state index is 14.6. The van der Waals surface area contributed by atoms with Gasteiger partial charge in [0.25, 0.3) is 5.97 Å². The van der Waals surface area contributed by atoms with Crippen molar-refractivity contribution in [2.75, 3.05) is 6.61 Å². The molecule has 0 amide bonds. The summed E-state index contributed by atoms with van der Waals surface area (Å²) < 4.78 is 34.0. The normalized spacial score (nSPS) is 39.3. The Balaban J connectivity index is 1.39. The molecule has 8 nitrogen and oxygen atoms in total. The minimum Gasteiger partial charge on any atom is -0.458 e. The monoisotopic (exact) mass is 644 g/mol. The molecule has 9 heteroatoms. The van der Waals surface area contributed by atoms with Crippen molar-refractivity contribution in [1.29, 1.82) is 0 Å². The summed E-state index contributed by atoms with van der Waals surface area (Å²) >= 11 is 0. The minimum atomic E-state index is -2.33. The van der Waals surface area contributed by atoms with Crippen LogP contribution in [0.5, 0.6) is 0 Å². The number of fused-ring (bicyclic) bond motifs is 2. The van der Waals surface area contributed by atoms with Crippen LogP contribution >= 0.6 is 0 Å². The van der Waals surface area contributed by atoms with E-state index in [0.717, 1.165) is 11.1 Å². The zero-order valence-corrected chi connectivity index (χ0v) is 28.5. The molecule has 2 aromatic carbocycles. The van der Waals surface area contributed by atoms with Gasteiger partial charge in [0, 0.05) is 24.2 Å². The third-order valence-corrected chi connectivity index (χ3v) is 11.9. The molecule has 0 radical (unpaired) electrons. The molecule has 244 valence electrons. The van der Waals surface area contributed by atoms with Crippen molar-refractivity contribution in [3.05, 3.63) is 83.4 Å². The van der Waals surface area contributed by atoms with Crippen LogP contribution < -0.4 is 0 Å². The van der Waals surface area contributed by atoms with E-state index in [9.17, 15) is 14.4 Å². The lowest BCUT2D eigenvalue weighted by molar-refractivity contribution is -0.424. The van der Waals surface area contributed by atoms with Gasteiger partial charge in [-0.05, 0) is 68.6 Å². The second kappa shape index (κ2) is 10.8. The molecule has 0 spiro atoms. The van der Waals surface area contributed by atoms with E-state index in [1.807, 2.05) is 43.3 Å². The number of hydrogen-bond donors (Lipinski definition) is 0. The van der Waals surface area contributed by atoms with Gasteiger partial charge in [-0.1, -0.05) is 68.5 Å². The summed E-state index contributed by atoms with van der Waals surface area (Å²) in [5.41, 5.74) is -1.16. The Hall–Kier alpha value is -2.95. The van der Waals surface area contributed by atoms with Gasteiger partial charge in [0.1, 0.15) is 18.3 Å². The van der Waals surface area contributed by atoms with Gasteiger partial charge >= 0.3 is 5.97 Å². The number of carbonyl (C=O) groups is 3. The molecule has 5 aliphatic rings. The number of rotatable bonds is 8. The zero-order chi connectivity index (χ0) is 32.7. The molecule has 0 N–H and O–H groups in total. The number of esters is 1. The van der Waals surface area contributed by atoms with Crippen LogP contribution in [0.15, 0.2) is 72.3 Å². The van der Waals surface area contributed by atoms with Crippen LogP contribution in [0.1, 0.15) is 56.0 Å². The van der Waals surface area contributed by atoms with Crippen molar-refractivity contribution >= 4 is 25.9 Å². The third kappa shape index (κ3) is 4.72. The molecule has 3 aliphatic carbocycles. The molecular formula is C37H44O8Si. The van der Waals surface area contributed by atoms with Gasteiger partial charge in [-0.25, -0.2) is 4.79 Å². The van der Waals surface area contributed by atoms with Crippen molar-refractivity contribution in [1.82, 2.24) is 0 Å². The molecule has 2 aliphatic heterocycles. The number of Topliss-reactive ketones (excluding diaryl/α,β-unsaturated/α-hetero) is 2. The molecule has 46 heavy (non-hydrogen) atoms. The van der Waals surface area contributed by atoms with Crippen molar-refractivity contribution in [2.45, 2.75) is 95.0 Å². The van der Waals surface area contributed by atoms with Gasteiger partial charge in [0.15, 0.2) is 25.5 Å². The molecule has 2 heterocycles. The van der Waals surface area contributed by atoms with Gasteiger partial charge in [0.05, 0.1) is 17.6 Å². The topological polar surface area (TPSA) is 97.4 Å². The molecule has 1 unspecified atom stereocenters. The maximum atomic E-state index is 14.6.